The molecule has 1 atom stereocenters. The fourth-order valence-corrected chi connectivity index (χ4v) is 3.66. The second-order valence-electron chi connectivity index (χ2n) is 6.12. The Morgan fingerprint density at radius 2 is 1.65 bits per heavy atom. The smallest absolute Gasteiger partial charge is 0.0181 e. The zero-order valence-electron chi connectivity index (χ0n) is 12.0. The molecule has 0 N–H and O–H groups in total. The molecule has 3 aliphatic rings. The Bertz CT molecular complexity index is 747. The van der Waals surface area contributed by atoms with Gasteiger partial charge in [-0.05, 0) is 41.2 Å². The molecule has 2 aromatic rings. The van der Waals surface area contributed by atoms with Gasteiger partial charge in [-0.15, -0.1) is 0 Å². The monoisotopic (exact) mass is 258 g/mol. The lowest BCUT2D eigenvalue weighted by atomic mass is 9.62. The molecule has 0 spiro atoms. The lowest BCUT2D eigenvalue weighted by Gasteiger charge is -2.42. The molecule has 0 nitrogen and oxygen atoms in total. The molecule has 0 saturated heterocycles. The van der Waals surface area contributed by atoms with Crippen LogP contribution in [0.3, 0.4) is 0 Å². The number of benzene rings is 2. The van der Waals surface area contributed by atoms with Crippen molar-refractivity contribution in [1.82, 2.24) is 0 Å². The molecule has 0 fully saturated rings. The Morgan fingerprint density at radius 3 is 2.40 bits per heavy atom. The van der Waals surface area contributed by atoms with Crippen LogP contribution in [-0.4, -0.2) is 0 Å². The maximum absolute atomic E-state index is 2.39. The highest BCUT2D eigenvalue weighted by Crippen LogP contribution is 2.52. The Hall–Kier alpha value is -2.08. The summed E-state index contributed by atoms with van der Waals surface area (Å²) in [5.74, 6) is 0. The van der Waals surface area contributed by atoms with Crippen molar-refractivity contribution in [3.05, 3.63) is 77.4 Å². The van der Waals surface area contributed by atoms with Gasteiger partial charge < -0.3 is 0 Å². The fraction of sp³-hybridized carbons (Fsp3) is 0.200. The van der Waals surface area contributed by atoms with Gasteiger partial charge in [0.05, 0.1) is 0 Å². The molecule has 3 aliphatic carbocycles. The zero-order valence-corrected chi connectivity index (χ0v) is 12.0. The van der Waals surface area contributed by atoms with Gasteiger partial charge in [-0.3, -0.25) is 0 Å². The maximum atomic E-state index is 2.39. The average Bonchev–Trinajstić information content (AvgIpc) is 2.50. The molecule has 2 aromatic carbocycles. The third kappa shape index (κ3) is 1.42. The van der Waals surface area contributed by atoms with Crippen LogP contribution in [0.4, 0.5) is 0 Å². The minimum atomic E-state index is 0.156. The first-order valence-electron chi connectivity index (χ1n) is 7.28. The van der Waals surface area contributed by atoms with Crippen molar-refractivity contribution in [2.75, 3.05) is 0 Å². The SMILES string of the molecule is CC1=CC2=CCC1(C)c1c2cccc1-c1ccccc1. The van der Waals surface area contributed by atoms with E-state index < -0.39 is 0 Å². The second-order valence-corrected chi connectivity index (χ2v) is 6.12. The van der Waals surface area contributed by atoms with E-state index in [4.69, 9.17) is 0 Å². The predicted molar refractivity (Wildman–Crippen MR) is 85.6 cm³/mol. The third-order valence-electron chi connectivity index (χ3n) is 4.98. The largest absolute Gasteiger partial charge is 0.0755 e. The quantitative estimate of drug-likeness (QED) is 0.646. The molecular formula is C20H18. The summed E-state index contributed by atoms with van der Waals surface area (Å²) >= 11 is 0. The van der Waals surface area contributed by atoms with Crippen molar-refractivity contribution in [3.63, 3.8) is 0 Å². The molecule has 0 radical (unpaired) electrons. The number of hydrogen-bond donors (Lipinski definition) is 0. The minimum Gasteiger partial charge on any atom is -0.0755 e. The number of allylic oxidation sites excluding steroid dienone is 4. The van der Waals surface area contributed by atoms with E-state index in [1.54, 1.807) is 0 Å². The predicted octanol–water partition coefficient (Wildman–Crippen LogP) is 5.36. The normalized spacial score (nSPS) is 23.1. The van der Waals surface area contributed by atoms with Crippen molar-refractivity contribution in [2.24, 2.45) is 0 Å². The third-order valence-corrected chi connectivity index (χ3v) is 4.98. The summed E-state index contributed by atoms with van der Waals surface area (Å²) in [5, 5.41) is 0. The summed E-state index contributed by atoms with van der Waals surface area (Å²) < 4.78 is 0. The maximum Gasteiger partial charge on any atom is 0.0181 e. The number of hydrogen-bond acceptors (Lipinski definition) is 0. The highest BCUT2D eigenvalue weighted by molar-refractivity contribution is 5.88. The lowest BCUT2D eigenvalue weighted by Crippen LogP contribution is -2.31. The molecule has 0 saturated carbocycles. The Balaban J connectivity index is 2.05. The molecular weight excluding hydrogens is 240 g/mol. The van der Waals surface area contributed by atoms with E-state index in [1.807, 2.05) is 0 Å². The van der Waals surface area contributed by atoms with E-state index >= 15 is 0 Å². The van der Waals surface area contributed by atoms with E-state index in [1.165, 1.54) is 33.4 Å². The van der Waals surface area contributed by atoms with Crippen LogP contribution in [0.1, 0.15) is 31.4 Å². The minimum absolute atomic E-state index is 0.156. The van der Waals surface area contributed by atoms with Crippen LogP contribution in [0.15, 0.2) is 66.3 Å². The van der Waals surface area contributed by atoms with Gasteiger partial charge in [0.15, 0.2) is 0 Å². The van der Waals surface area contributed by atoms with Gasteiger partial charge in [0.1, 0.15) is 0 Å². The molecule has 0 aromatic heterocycles. The molecule has 0 amide bonds. The van der Waals surface area contributed by atoms with Gasteiger partial charge in [0.25, 0.3) is 0 Å². The van der Waals surface area contributed by atoms with Crippen LogP contribution < -0.4 is 0 Å². The van der Waals surface area contributed by atoms with Gasteiger partial charge in [-0.2, -0.15) is 0 Å². The van der Waals surface area contributed by atoms with Gasteiger partial charge in [0.2, 0.25) is 0 Å². The van der Waals surface area contributed by atoms with Crippen LogP contribution in [0.2, 0.25) is 0 Å². The van der Waals surface area contributed by atoms with E-state index in [-0.39, 0.29) is 5.41 Å². The van der Waals surface area contributed by atoms with Crippen molar-refractivity contribution >= 4 is 5.57 Å². The van der Waals surface area contributed by atoms with Crippen molar-refractivity contribution in [2.45, 2.75) is 25.7 Å². The average molecular weight is 258 g/mol. The van der Waals surface area contributed by atoms with Crippen molar-refractivity contribution < 1.29 is 0 Å². The van der Waals surface area contributed by atoms with Crippen LogP contribution in [0.25, 0.3) is 16.7 Å². The first kappa shape index (κ1) is 11.7. The Morgan fingerprint density at radius 1 is 0.900 bits per heavy atom. The molecule has 20 heavy (non-hydrogen) atoms. The lowest BCUT2D eigenvalue weighted by molar-refractivity contribution is 0.551. The standard InChI is InChI=1S/C20H18/c1-14-13-16-11-12-20(14,2)19-17(9-6-10-18(16)19)15-7-4-3-5-8-15/h3-11,13H,12H2,1-2H3. The first-order chi connectivity index (χ1) is 9.70. The van der Waals surface area contributed by atoms with Gasteiger partial charge in [-0.1, -0.05) is 73.2 Å². The summed E-state index contributed by atoms with van der Waals surface area (Å²) in [5.41, 5.74) is 8.71. The summed E-state index contributed by atoms with van der Waals surface area (Å²) in [4.78, 5) is 0. The second kappa shape index (κ2) is 3.96. The molecule has 1 unspecified atom stereocenters. The summed E-state index contributed by atoms with van der Waals surface area (Å²) in [7, 11) is 0. The highest BCUT2D eigenvalue weighted by atomic mass is 14.4. The molecule has 0 aliphatic heterocycles. The Kier molecular flexibility index (Phi) is 2.32. The van der Waals surface area contributed by atoms with E-state index in [9.17, 15) is 0 Å². The molecule has 98 valence electrons. The van der Waals surface area contributed by atoms with E-state index in [0.717, 1.165) is 6.42 Å². The van der Waals surface area contributed by atoms with Crippen LogP contribution in [0.5, 0.6) is 0 Å². The van der Waals surface area contributed by atoms with Crippen LogP contribution in [0, 0.1) is 0 Å². The summed E-state index contributed by atoms with van der Waals surface area (Å²) in [6.45, 7) is 4.66. The van der Waals surface area contributed by atoms with Crippen molar-refractivity contribution in [3.8, 4) is 11.1 Å². The highest BCUT2D eigenvalue weighted by Gasteiger charge is 2.39. The number of fused-ring (bicyclic) bond motifs is 1. The van der Waals surface area contributed by atoms with E-state index in [2.05, 4.69) is 74.5 Å². The summed E-state index contributed by atoms with van der Waals surface area (Å²) in [6, 6.07) is 17.5. The molecule has 0 heteroatoms. The van der Waals surface area contributed by atoms with Crippen LogP contribution >= 0.6 is 0 Å². The fourth-order valence-electron chi connectivity index (χ4n) is 3.66. The van der Waals surface area contributed by atoms with Gasteiger partial charge in [-0.25, -0.2) is 0 Å². The molecule has 0 heterocycles. The van der Waals surface area contributed by atoms with E-state index in [0.29, 0.717) is 0 Å². The number of rotatable bonds is 1. The van der Waals surface area contributed by atoms with Gasteiger partial charge in [0, 0.05) is 5.41 Å². The Labute approximate surface area is 120 Å². The van der Waals surface area contributed by atoms with Crippen molar-refractivity contribution in [1.29, 1.82) is 0 Å². The van der Waals surface area contributed by atoms with Gasteiger partial charge >= 0.3 is 0 Å². The molecule has 2 bridgehead atoms. The molecule has 5 rings (SSSR count). The zero-order chi connectivity index (χ0) is 13.7. The topological polar surface area (TPSA) is 0 Å². The first-order valence-corrected chi connectivity index (χ1v) is 7.28. The van der Waals surface area contributed by atoms with Crippen LogP contribution in [-0.2, 0) is 5.41 Å². The summed E-state index contributed by atoms with van der Waals surface area (Å²) in [6.07, 6.45) is 5.88.